The number of ether oxygens (including phenoxy) is 1. The van der Waals surface area contributed by atoms with E-state index < -0.39 is 6.09 Å². The third-order valence-corrected chi connectivity index (χ3v) is 1.53. The van der Waals surface area contributed by atoms with E-state index in [0.29, 0.717) is 0 Å². The van der Waals surface area contributed by atoms with Crippen LogP contribution in [0.5, 0.6) is 0 Å². The van der Waals surface area contributed by atoms with Crippen molar-refractivity contribution in [1.82, 2.24) is 5.32 Å². The Labute approximate surface area is 59.7 Å². The fraction of sp³-hybridized carbons (Fsp3) is 0.833. The zero-order valence-electron chi connectivity index (χ0n) is 5.80. The molecule has 0 radical (unpaired) electrons. The molecule has 0 bridgehead atoms. The first kappa shape index (κ1) is 7.34. The Kier molecular flexibility index (Phi) is 2.50. The maximum absolute atomic E-state index is 10.2. The molecule has 0 saturated carbocycles. The van der Waals surface area contributed by atoms with Gasteiger partial charge in [-0.1, -0.05) is 0 Å². The molecular weight excluding hydrogens is 132 g/mol. The van der Waals surface area contributed by atoms with Crippen LogP contribution in [0.2, 0.25) is 0 Å². The van der Waals surface area contributed by atoms with Gasteiger partial charge >= 0.3 is 6.09 Å². The quantitative estimate of drug-likeness (QED) is 0.537. The molecule has 1 unspecified atom stereocenters. The Morgan fingerprint density at radius 3 is 3.00 bits per heavy atom. The molecular formula is C6H12N2O2. The fourth-order valence-corrected chi connectivity index (χ4v) is 1.08. The van der Waals surface area contributed by atoms with Crippen molar-refractivity contribution in [3.63, 3.8) is 0 Å². The Bertz CT molecular complexity index is 121. The van der Waals surface area contributed by atoms with Gasteiger partial charge in [0.1, 0.15) is 6.10 Å². The number of piperidine rings is 1. The number of carbonyl (C=O) groups is 1. The fourth-order valence-electron chi connectivity index (χ4n) is 1.08. The highest BCUT2D eigenvalue weighted by molar-refractivity contribution is 5.64. The minimum atomic E-state index is -0.672. The van der Waals surface area contributed by atoms with Crippen molar-refractivity contribution in [3.8, 4) is 0 Å². The molecule has 10 heavy (non-hydrogen) atoms. The molecule has 0 aromatic carbocycles. The number of primary amides is 1. The summed E-state index contributed by atoms with van der Waals surface area (Å²) in [5, 5.41) is 3.11. The van der Waals surface area contributed by atoms with E-state index in [1.807, 2.05) is 0 Å². The number of amides is 1. The summed E-state index contributed by atoms with van der Waals surface area (Å²) in [6, 6.07) is 0. The Hall–Kier alpha value is -0.770. The summed E-state index contributed by atoms with van der Waals surface area (Å²) in [5.74, 6) is 0. The molecule has 0 spiro atoms. The second kappa shape index (κ2) is 3.41. The summed E-state index contributed by atoms with van der Waals surface area (Å²) < 4.78 is 4.77. The van der Waals surface area contributed by atoms with E-state index in [1.54, 1.807) is 0 Å². The van der Waals surface area contributed by atoms with Crippen molar-refractivity contribution in [2.75, 3.05) is 13.1 Å². The van der Waals surface area contributed by atoms with E-state index in [9.17, 15) is 4.79 Å². The minimum Gasteiger partial charge on any atom is -0.445 e. The average Bonchev–Trinajstić information content (AvgIpc) is 1.88. The number of hydrogen-bond acceptors (Lipinski definition) is 3. The summed E-state index contributed by atoms with van der Waals surface area (Å²) in [4.78, 5) is 10.2. The zero-order valence-corrected chi connectivity index (χ0v) is 5.80. The van der Waals surface area contributed by atoms with Crippen molar-refractivity contribution in [1.29, 1.82) is 0 Å². The minimum absolute atomic E-state index is 0.00810. The van der Waals surface area contributed by atoms with Crippen molar-refractivity contribution >= 4 is 6.09 Å². The van der Waals surface area contributed by atoms with E-state index >= 15 is 0 Å². The lowest BCUT2D eigenvalue weighted by atomic mass is 10.1. The summed E-state index contributed by atoms with van der Waals surface area (Å²) in [5.41, 5.74) is 4.83. The lowest BCUT2D eigenvalue weighted by Gasteiger charge is -2.21. The summed E-state index contributed by atoms with van der Waals surface area (Å²) in [7, 11) is 0. The molecule has 0 aliphatic carbocycles. The normalized spacial score (nSPS) is 25.8. The highest BCUT2D eigenvalue weighted by atomic mass is 16.6. The molecule has 0 aromatic heterocycles. The molecule has 3 N–H and O–H groups in total. The first-order valence-electron chi connectivity index (χ1n) is 3.46. The molecule has 1 heterocycles. The van der Waals surface area contributed by atoms with Crippen LogP contribution in [0.15, 0.2) is 0 Å². The van der Waals surface area contributed by atoms with E-state index in [4.69, 9.17) is 10.5 Å². The van der Waals surface area contributed by atoms with Crippen molar-refractivity contribution in [2.24, 2.45) is 5.73 Å². The van der Waals surface area contributed by atoms with Crippen LogP contribution >= 0.6 is 0 Å². The van der Waals surface area contributed by atoms with Gasteiger partial charge in [0.05, 0.1) is 0 Å². The van der Waals surface area contributed by atoms with E-state index in [1.165, 1.54) is 0 Å². The Morgan fingerprint density at radius 1 is 1.70 bits per heavy atom. The second-order valence-corrected chi connectivity index (χ2v) is 2.41. The SMILES string of the molecule is NC(=O)OC1CCCNC1. The third kappa shape index (κ3) is 2.23. The maximum atomic E-state index is 10.2. The Balaban J connectivity index is 2.19. The topological polar surface area (TPSA) is 64.4 Å². The molecule has 1 atom stereocenters. The molecule has 4 nitrogen and oxygen atoms in total. The maximum Gasteiger partial charge on any atom is 0.404 e. The smallest absolute Gasteiger partial charge is 0.404 e. The van der Waals surface area contributed by atoms with Gasteiger partial charge in [0.2, 0.25) is 0 Å². The molecule has 58 valence electrons. The van der Waals surface area contributed by atoms with Crippen LogP contribution in [0.3, 0.4) is 0 Å². The van der Waals surface area contributed by atoms with Gasteiger partial charge in [-0.05, 0) is 19.4 Å². The van der Waals surface area contributed by atoms with Crippen LogP contribution in [0, 0.1) is 0 Å². The zero-order chi connectivity index (χ0) is 7.40. The summed E-state index contributed by atoms with van der Waals surface area (Å²) in [6.45, 7) is 1.75. The van der Waals surface area contributed by atoms with Gasteiger partial charge in [-0.15, -0.1) is 0 Å². The average molecular weight is 144 g/mol. The molecule has 1 rings (SSSR count). The van der Waals surface area contributed by atoms with Crippen LogP contribution in [-0.2, 0) is 4.74 Å². The molecule has 1 aliphatic heterocycles. The van der Waals surface area contributed by atoms with Crippen molar-refractivity contribution < 1.29 is 9.53 Å². The molecule has 1 fully saturated rings. The van der Waals surface area contributed by atoms with Crippen LogP contribution in [0.25, 0.3) is 0 Å². The highest BCUT2D eigenvalue weighted by Gasteiger charge is 2.14. The number of hydrogen-bond donors (Lipinski definition) is 2. The van der Waals surface area contributed by atoms with E-state index in [-0.39, 0.29) is 6.10 Å². The number of carbonyl (C=O) groups excluding carboxylic acids is 1. The number of nitrogens with one attached hydrogen (secondary N) is 1. The van der Waals surface area contributed by atoms with Crippen LogP contribution in [0.1, 0.15) is 12.8 Å². The van der Waals surface area contributed by atoms with Crippen molar-refractivity contribution in [3.05, 3.63) is 0 Å². The predicted molar refractivity (Wildman–Crippen MR) is 36.6 cm³/mol. The predicted octanol–water partition coefficient (Wildman–Crippen LogP) is -0.166. The summed E-state index contributed by atoms with van der Waals surface area (Å²) in [6.07, 6.45) is 1.30. The number of nitrogens with two attached hydrogens (primary N) is 1. The van der Waals surface area contributed by atoms with Gasteiger partial charge in [0.25, 0.3) is 0 Å². The molecule has 1 saturated heterocycles. The first-order valence-corrected chi connectivity index (χ1v) is 3.46. The molecule has 1 aliphatic rings. The van der Waals surface area contributed by atoms with E-state index in [0.717, 1.165) is 25.9 Å². The Morgan fingerprint density at radius 2 is 2.50 bits per heavy atom. The van der Waals surface area contributed by atoms with Gasteiger partial charge in [-0.2, -0.15) is 0 Å². The summed E-state index contributed by atoms with van der Waals surface area (Å²) >= 11 is 0. The monoisotopic (exact) mass is 144 g/mol. The first-order chi connectivity index (χ1) is 4.79. The molecule has 4 heteroatoms. The molecule has 1 amide bonds. The number of rotatable bonds is 1. The van der Waals surface area contributed by atoms with Gasteiger partial charge in [0, 0.05) is 6.54 Å². The largest absolute Gasteiger partial charge is 0.445 e. The lowest BCUT2D eigenvalue weighted by molar-refractivity contribution is 0.0904. The van der Waals surface area contributed by atoms with Gasteiger partial charge in [-0.3, -0.25) is 0 Å². The molecule has 0 aromatic rings. The van der Waals surface area contributed by atoms with Crippen LogP contribution in [0.4, 0.5) is 4.79 Å². The van der Waals surface area contributed by atoms with Crippen LogP contribution in [-0.4, -0.2) is 25.3 Å². The highest BCUT2D eigenvalue weighted by Crippen LogP contribution is 2.04. The lowest BCUT2D eigenvalue weighted by Crippen LogP contribution is -2.37. The van der Waals surface area contributed by atoms with Gasteiger partial charge < -0.3 is 15.8 Å². The standard InChI is InChI=1S/C6H12N2O2/c7-6(9)10-5-2-1-3-8-4-5/h5,8H,1-4H2,(H2,7,9). The van der Waals surface area contributed by atoms with Gasteiger partial charge in [0.15, 0.2) is 0 Å². The van der Waals surface area contributed by atoms with E-state index in [2.05, 4.69) is 5.32 Å². The van der Waals surface area contributed by atoms with Crippen molar-refractivity contribution in [2.45, 2.75) is 18.9 Å². The van der Waals surface area contributed by atoms with Crippen LogP contribution < -0.4 is 11.1 Å². The second-order valence-electron chi connectivity index (χ2n) is 2.41. The third-order valence-electron chi connectivity index (χ3n) is 1.53. The van der Waals surface area contributed by atoms with Gasteiger partial charge in [-0.25, -0.2) is 4.79 Å².